The minimum atomic E-state index is -0.755. The Kier molecular flexibility index (Phi) is 7.70. The van der Waals surface area contributed by atoms with Gasteiger partial charge in [0.05, 0.1) is 26.2 Å². The van der Waals surface area contributed by atoms with Crippen LogP contribution in [0.5, 0.6) is 17.2 Å². The highest BCUT2D eigenvalue weighted by Crippen LogP contribution is 2.44. The summed E-state index contributed by atoms with van der Waals surface area (Å²) in [5.41, 5.74) is 2.97. The van der Waals surface area contributed by atoms with E-state index in [0.29, 0.717) is 31.1 Å². The summed E-state index contributed by atoms with van der Waals surface area (Å²) in [6.45, 7) is 1.67. The Hall–Kier alpha value is -3.51. The maximum absolute atomic E-state index is 11.8. The van der Waals surface area contributed by atoms with Gasteiger partial charge in [0.2, 0.25) is 0 Å². The molecular weight excluding hydrogens is 430 g/mol. The van der Waals surface area contributed by atoms with Crippen molar-refractivity contribution in [1.82, 2.24) is 4.90 Å². The van der Waals surface area contributed by atoms with E-state index in [-0.39, 0.29) is 6.04 Å². The van der Waals surface area contributed by atoms with E-state index in [1.165, 1.54) is 0 Å². The van der Waals surface area contributed by atoms with E-state index in [0.717, 1.165) is 35.4 Å². The van der Waals surface area contributed by atoms with E-state index < -0.39 is 11.9 Å². The van der Waals surface area contributed by atoms with Crippen LogP contribution in [0, 0.1) is 5.92 Å². The molecule has 1 heterocycles. The van der Waals surface area contributed by atoms with Crippen LogP contribution in [0.4, 0.5) is 0 Å². The van der Waals surface area contributed by atoms with Gasteiger partial charge in [-0.25, -0.2) is 0 Å². The highest BCUT2D eigenvalue weighted by Gasteiger charge is 2.34. The number of para-hydroxylation sites is 2. The van der Waals surface area contributed by atoms with Gasteiger partial charge in [-0.3, -0.25) is 9.69 Å². The fraction of sp³-hybridized carbons (Fsp3) is 0.321. The topological polar surface area (TPSA) is 68.2 Å². The molecule has 4 rings (SSSR count). The van der Waals surface area contributed by atoms with Crippen molar-refractivity contribution < 1.29 is 24.1 Å². The van der Waals surface area contributed by atoms with Crippen LogP contribution in [0.15, 0.2) is 72.8 Å². The van der Waals surface area contributed by atoms with Crippen molar-refractivity contribution in [3.63, 3.8) is 0 Å². The minimum absolute atomic E-state index is 0.251. The minimum Gasteiger partial charge on any atom is -0.493 e. The van der Waals surface area contributed by atoms with Gasteiger partial charge in [-0.05, 0) is 37.1 Å². The Morgan fingerprint density at radius 2 is 1.65 bits per heavy atom. The van der Waals surface area contributed by atoms with Gasteiger partial charge < -0.3 is 19.3 Å². The molecule has 2 atom stereocenters. The molecule has 0 bridgehead atoms. The standard InChI is InChI=1S/C28H31NO5/c1-32-25-16-8-14-23(27(25)33-2)26(29-17-9-12-21(18-29)28(30)31)22-13-6-7-15-24(22)34-19-20-10-4-3-5-11-20/h3-8,10-11,13-16,21,26H,9,12,17-19H2,1-2H3,(H,30,31). The van der Waals surface area contributed by atoms with Crippen LogP contribution in [-0.2, 0) is 11.4 Å². The number of carboxylic acids is 1. The molecule has 6 nitrogen and oxygen atoms in total. The maximum Gasteiger partial charge on any atom is 0.307 e. The van der Waals surface area contributed by atoms with Gasteiger partial charge in [-0.2, -0.15) is 0 Å². The fourth-order valence-corrected chi connectivity index (χ4v) is 4.70. The number of benzene rings is 3. The molecule has 1 aliphatic heterocycles. The number of hydrogen-bond acceptors (Lipinski definition) is 5. The predicted octanol–water partition coefficient (Wildman–Crippen LogP) is 5.17. The van der Waals surface area contributed by atoms with Crippen molar-refractivity contribution in [2.75, 3.05) is 27.3 Å². The monoisotopic (exact) mass is 461 g/mol. The first-order chi connectivity index (χ1) is 16.6. The largest absolute Gasteiger partial charge is 0.493 e. The fourth-order valence-electron chi connectivity index (χ4n) is 4.70. The first kappa shape index (κ1) is 23.6. The van der Waals surface area contributed by atoms with Crippen LogP contribution >= 0.6 is 0 Å². The zero-order chi connectivity index (χ0) is 23.9. The lowest BCUT2D eigenvalue weighted by atomic mass is 9.90. The van der Waals surface area contributed by atoms with Gasteiger partial charge in [0.1, 0.15) is 12.4 Å². The lowest BCUT2D eigenvalue weighted by Gasteiger charge is -2.38. The first-order valence-corrected chi connectivity index (χ1v) is 11.6. The Balaban J connectivity index is 1.77. The molecule has 0 aromatic heterocycles. The normalized spacial score (nSPS) is 17.1. The molecule has 2 unspecified atom stereocenters. The Labute approximate surface area is 200 Å². The summed E-state index contributed by atoms with van der Waals surface area (Å²) in [5.74, 6) is 0.878. The van der Waals surface area contributed by atoms with E-state index in [9.17, 15) is 9.90 Å². The molecule has 0 aliphatic carbocycles. The summed E-state index contributed by atoms with van der Waals surface area (Å²) < 4.78 is 17.7. The van der Waals surface area contributed by atoms with Crippen LogP contribution < -0.4 is 14.2 Å². The molecule has 0 spiro atoms. The highest BCUT2D eigenvalue weighted by molar-refractivity contribution is 5.70. The van der Waals surface area contributed by atoms with E-state index >= 15 is 0 Å². The zero-order valence-corrected chi connectivity index (χ0v) is 19.6. The molecule has 34 heavy (non-hydrogen) atoms. The van der Waals surface area contributed by atoms with E-state index in [1.54, 1.807) is 14.2 Å². The summed E-state index contributed by atoms with van der Waals surface area (Å²) in [6.07, 6.45) is 1.49. The van der Waals surface area contributed by atoms with Crippen LogP contribution in [0.25, 0.3) is 0 Å². The van der Waals surface area contributed by atoms with Gasteiger partial charge in [0, 0.05) is 17.7 Å². The summed E-state index contributed by atoms with van der Waals surface area (Å²) in [7, 11) is 3.25. The van der Waals surface area contributed by atoms with Gasteiger partial charge >= 0.3 is 5.97 Å². The number of hydrogen-bond donors (Lipinski definition) is 1. The molecule has 1 saturated heterocycles. The quantitative estimate of drug-likeness (QED) is 0.474. The Bertz CT molecular complexity index is 1100. The number of piperidine rings is 1. The van der Waals surface area contributed by atoms with Crippen molar-refractivity contribution in [1.29, 1.82) is 0 Å². The molecule has 1 N–H and O–H groups in total. The molecule has 3 aromatic carbocycles. The number of nitrogens with zero attached hydrogens (tertiary/aromatic N) is 1. The maximum atomic E-state index is 11.8. The second-order valence-corrected chi connectivity index (χ2v) is 8.47. The number of ether oxygens (including phenoxy) is 3. The number of methoxy groups -OCH3 is 2. The van der Waals surface area contributed by atoms with Crippen molar-refractivity contribution in [3.8, 4) is 17.2 Å². The number of rotatable bonds is 9. The summed E-state index contributed by atoms with van der Waals surface area (Å²) in [4.78, 5) is 14.1. The molecular formula is C28H31NO5. The van der Waals surface area contributed by atoms with E-state index in [2.05, 4.69) is 4.90 Å². The Morgan fingerprint density at radius 3 is 2.38 bits per heavy atom. The molecule has 0 radical (unpaired) electrons. The number of carbonyl (C=O) groups is 1. The number of carboxylic acid groups (broad SMARTS) is 1. The third-order valence-corrected chi connectivity index (χ3v) is 6.35. The molecule has 3 aromatic rings. The third-order valence-electron chi connectivity index (χ3n) is 6.35. The lowest BCUT2D eigenvalue weighted by molar-refractivity contribution is -0.143. The summed E-state index contributed by atoms with van der Waals surface area (Å²) >= 11 is 0. The lowest BCUT2D eigenvalue weighted by Crippen LogP contribution is -2.41. The Morgan fingerprint density at radius 1 is 0.941 bits per heavy atom. The number of aliphatic carboxylic acids is 1. The van der Waals surface area contributed by atoms with Crippen LogP contribution in [0.3, 0.4) is 0 Å². The molecule has 0 amide bonds. The van der Waals surface area contributed by atoms with Crippen molar-refractivity contribution in [3.05, 3.63) is 89.5 Å². The first-order valence-electron chi connectivity index (χ1n) is 11.6. The zero-order valence-electron chi connectivity index (χ0n) is 19.6. The SMILES string of the molecule is COc1cccc(C(c2ccccc2OCc2ccccc2)N2CCCC(C(=O)O)C2)c1OC. The van der Waals surface area contributed by atoms with Crippen molar-refractivity contribution in [2.45, 2.75) is 25.5 Å². The third kappa shape index (κ3) is 5.18. The molecule has 6 heteroatoms. The average Bonchev–Trinajstić information content (AvgIpc) is 2.89. The summed E-state index contributed by atoms with van der Waals surface area (Å²) in [6, 6.07) is 23.6. The van der Waals surface area contributed by atoms with Gasteiger partial charge in [-0.15, -0.1) is 0 Å². The van der Waals surface area contributed by atoms with Gasteiger partial charge in [0.15, 0.2) is 11.5 Å². The van der Waals surface area contributed by atoms with Crippen LogP contribution in [0.2, 0.25) is 0 Å². The van der Waals surface area contributed by atoms with Crippen molar-refractivity contribution in [2.24, 2.45) is 5.92 Å². The smallest absolute Gasteiger partial charge is 0.307 e. The van der Waals surface area contributed by atoms with Gasteiger partial charge in [0.25, 0.3) is 0 Å². The average molecular weight is 462 g/mol. The van der Waals surface area contributed by atoms with E-state index in [1.807, 2.05) is 72.8 Å². The molecule has 1 fully saturated rings. The molecule has 0 saturated carbocycles. The molecule has 1 aliphatic rings. The number of likely N-dealkylation sites (tertiary alicyclic amines) is 1. The highest BCUT2D eigenvalue weighted by atomic mass is 16.5. The second kappa shape index (κ2) is 11.1. The second-order valence-electron chi connectivity index (χ2n) is 8.47. The van der Waals surface area contributed by atoms with Crippen LogP contribution in [-0.4, -0.2) is 43.3 Å². The predicted molar refractivity (Wildman–Crippen MR) is 131 cm³/mol. The molecule has 178 valence electrons. The van der Waals surface area contributed by atoms with Gasteiger partial charge in [-0.1, -0.05) is 60.7 Å². The van der Waals surface area contributed by atoms with E-state index in [4.69, 9.17) is 14.2 Å². The summed E-state index contributed by atoms with van der Waals surface area (Å²) in [5, 5.41) is 9.73. The van der Waals surface area contributed by atoms with Crippen LogP contribution in [0.1, 0.15) is 35.6 Å². The van der Waals surface area contributed by atoms with Crippen molar-refractivity contribution >= 4 is 5.97 Å².